The smallest absolute Gasteiger partial charge is 0.124 e. The summed E-state index contributed by atoms with van der Waals surface area (Å²) in [7, 11) is 0. The molecule has 1 fully saturated rings. The van der Waals surface area contributed by atoms with Crippen LogP contribution >= 0.6 is 23.1 Å². The normalized spacial score (nSPS) is 20.2. The molecule has 106 valence electrons. The number of morpholine rings is 1. The van der Waals surface area contributed by atoms with E-state index in [0.29, 0.717) is 18.2 Å². The van der Waals surface area contributed by atoms with Gasteiger partial charge in [0.1, 0.15) is 5.82 Å². The molecular weight excluding hydrogens is 301 g/mol. The summed E-state index contributed by atoms with van der Waals surface area (Å²) in [6.45, 7) is 2.92. The van der Waals surface area contributed by atoms with Crippen LogP contribution in [-0.2, 0) is 11.3 Å². The van der Waals surface area contributed by atoms with Crippen molar-refractivity contribution >= 4 is 23.1 Å². The van der Waals surface area contributed by atoms with Gasteiger partial charge in [0.25, 0.3) is 0 Å². The van der Waals surface area contributed by atoms with E-state index in [1.807, 2.05) is 5.38 Å². The van der Waals surface area contributed by atoms with Crippen LogP contribution in [0.4, 0.5) is 4.39 Å². The summed E-state index contributed by atoms with van der Waals surface area (Å²) < 4.78 is 22.7. The highest BCUT2D eigenvalue weighted by Crippen LogP contribution is 2.29. The van der Waals surface area contributed by atoms with Crippen molar-refractivity contribution in [3.05, 3.63) is 45.7 Å². The fourth-order valence-corrected chi connectivity index (χ4v) is 3.01. The number of hydrogen-bond donors (Lipinski definition) is 0. The van der Waals surface area contributed by atoms with Gasteiger partial charge in [-0.15, -0.1) is 5.10 Å². The number of rotatable bonds is 3. The zero-order valence-corrected chi connectivity index (χ0v) is 12.2. The lowest BCUT2D eigenvalue weighted by atomic mass is 10.1. The molecule has 1 aromatic carbocycles. The van der Waals surface area contributed by atoms with Crippen LogP contribution in [0, 0.1) is 5.82 Å². The number of hydrogen-bond acceptors (Lipinski definition) is 5. The van der Waals surface area contributed by atoms with Crippen molar-refractivity contribution in [1.82, 2.24) is 14.5 Å². The molecule has 20 heavy (non-hydrogen) atoms. The minimum absolute atomic E-state index is 0.136. The maximum Gasteiger partial charge on any atom is 0.124 e. The Kier molecular flexibility index (Phi) is 4.26. The Balaban J connectivity index is 1.71. The maximum absolute atomic E-state index is 13.1. The summed E-state index contributed by atoms with van der Waals surface area (Å²) in [5.41, 5.74) is 1.79. The molecule has 7 heteroatoms. The van der Waals surface area contributed by atoms with E-state index in [9.17, 15) is 4.39 Å². The molecule has 0 radical (unpaired) electrons. The molecule has 0 spiro atoms. The fraction of sp³-hybridized carbons (Fsp3) is 0.385. The second kappa shape index (κ2) is 6.13. The van der Waals surface area contributed by atoms with Crippen LogP contribution in [0.1, 0.15) is 17.4 Å². The Morgan fingerprint density at radius 3 is 3.15 bits per heavy atom. The Morgan fingerprint density at radius 2 is 2.40 bits per heavy atom. The first-order valence-corrected chi connectivity index (χ1v) is 7.48. The van der Waals surface area contributed by atoms with Crippen LogP contribution in [0.2, 0.25) is 5.02 Å². The topological polar surface area (TPSA) is 38.2 Å². The molecular formula is C13H13ClFN3OS. The molecule has 0 amide bonds. The van der Waals surface area contributed by atoms with Gasteiger partial charge < -0.3 is 4.74 Å². The second-order valence-corrected chi connectivity index (χ2v) is 5.67. The van der Waals surface area contributed by atoms with E-state index < -0.39 is 0 Å². The van der Waals surface area contributed by atoms with Crippen LogP contribution in [0.5, 0.6) is 0 Å². The number of aromatic nitrogens is 2. The molecule has 2 heterocycles. The molecule has 1 unspecified atom stereocenters. The minimum Gasteiger partial charge on any atom is -0.371 e. The molecule has 1 atom stereocenters. The van der Waals surface area contributed by atoms with Gasteiger partial charge >= 0.3 is 0 Å². The van der Waals surface area contributed by atoms with Crippen LogP contribution in [0.3, 0.4) is 0 Å². The molecule has 0 saturated carbocycles. The van der Waals surface area contributed by atoms with Crippen molar-refractivity contribution < 1.29 is 9.13 Å². The molecule has 1 aromatic heterocycles. The molecule has 1 saturated heterocycles. The summed E-state index contributed by atoms with van der Waals surface area (Å²) in [4.78, 5) is 2.24. The average Bonchev–Trinajstić information content (AvgIpc) is 2.92. The summed E-state index contributed by atoms with van der Waals surface area (Å²) in [5, 5.41) is 6.40. The van der Waals surface area contributed by atoms with Gasteiger partial charge in [-0.25, -0.2) is 4.39 Å². The van der Waals surface area contributed by atoms with Crippen molar-refractivity contribution in [3.63, 3.8) is 0 Å². The summed E-state index contributed by atoms with van der Waals surface area (Å²) in [5.74, 6) is -0.333. The van der Waals surface area contributed by atoms with Gasteiger partial charge in [-0.05, 0) is 23.7 Å². The molecule has 1 aliphatic heterocycles. The van der Waals surface area contributed by atoms with E-state index in [1.54, 1.807) is 6.07 Å². The van der Waals surface area contributed by atoms with Crippen molar-refractivity contribution in [2.75, 3.05) is 19.7 Å². The molecule has 0 bridgehead atoms. The lowest BCUT2D eigenvalue weighted by Crippen LogP contribution is -2.38. The van der Waals surface area contributed by atoms with E-state index in [4.69, 9.17) is 16.3 Å². The average molecular weight is 314 g/mol. The molecule has 0 aliphatic carbocycles. The van der Waals surface area contributed by atoms with E-state index in [-0.39, 0.29) is 11.9 Å². The largest absolute Gasteiger partial charge is 0.371 e. The number of nitrogens with zero attached hydrogens (tertiary/aromatic N) is 3. The number of benzene rings is 1. The third-order valence-electron chi connectivity index (χ3n) is 3.25. The van der Waals surface area contributed by atoms with E-state index in [2.05, 4.69) is 14.5 Å². The summed E-state index contributed by atoms with van der Waals surface area (Å²) in [6.07, 6.45) is -0.136. The van der Waals surface area contributed by atoms with E-state index >= 15 is 0 Å². The van der Waals surface area contributed by atoms with Crippen LogP contribution in [0.25, 0.3) is 0 Å². The Labute approximate surface area is 125 Å². The highest BCUT2D eigenvalue weighted by molar-refractivity contribution is 7.03. The van der Waals surface area contributed by atoms with E-state index in [1.165, 1.54) is 23.7 Å². The lowest BCUT2D eigenvalue weighted by Gasteiger charge is -2.33. The first-order valence-electron chi connectivity index (χ1n) is 6.27. The van der Waals surface area contributed by atoms with Gasteiger partial charge in [0.2, 0.25) is 0 Å². The highest BCUT2D eigenvalue weighted by atomic mass is 35.5. The fourth-order valence-electron chi connectivity index (χ4n) is 2.28. The highest BCUT2D eigenvalue weighted by Gasteiger charge is 2.24. The number of ether oxygens (including phenoxy) is 1. The van der Waals surface area contributed by atoms with Gasteiger partial charge in [0, 0.05) is 35.6 Å². The predicted molar refractivity (Wildman–Crippen MR) is 75.3 cm³/mol. The second-order valence-electron chi connectivity index (χ2n) is 4.66. The maximum atomic E-state index is 13.1. The Morgan fingerprint density at radius 1 is 1.50 bits per heavy atom. The third kappa shape index (κ3) is 3.15. The van der Waals surface area contributed by atoms with Crippen LogP contribution in [-0.4, -0.2) is 34.2 Å². The van der Waals surface area contributed by atoms with Gasteiger partial charge in [0.05, 0.1) is 18.4 Å². The molecule has 1 aliphatic rings. The monoisotopic (exact) mass is 313 g/mol. The lowest BCUT2D eigenvalue weighted by molar-refractivity contribution is -0.0332. The van der Waals surface area contributed by atoms with Crippen molar-refractivity contribution in [2.24, 2.45) is 0 Å². The van der Waals surface area contributed by atoms with Crippen molar-refractivity contribution in [2.45, 2.75) is 12.6 Å². The Bertz CT molecular complexity index is 581. The van der Waals surface area contributed by atoms with Crippen LogP contribution < -0.4 is 0 Å². The molecule has 4 nitrogen and oxygen atoms in total. The van der Waals surface area contributed by atoms with Gasteiger partial charge in [-0.1, -0.05) is 22.2 Å². The first kappa shape index (κ1) is 13.9. The minimum atomic E-state index is -0.333. The summed E-state index contributed by atoms with van der Waals surface area (Å²) in [6, 6.07) is 4.42. The van der Waals surface area contributed by atoms with Gasteiger partial charge in [0.15, 0.2) is 0 Å². The number of halogens is 2. The quantitative estimate of drug-likeness (QED) is 0.873. The van der Waals surface area contributed by atoms with Crippen molar-refractivity contribution in [3.8, 4) is 0 Å². The van der Waals surface area contributed by atoms with Gasteiger partial charge in [-0.2, -0.15) is 0 Å². The summed E-state index contributed by atoms with van der Waals surface area (Å²) >= 11 is 7.44. The van der Waals surface area contributed by atoms with Crippen molar-refractivity contribution in [1.29, 1.82) is 0 Å². The SMILES string of the molecule is Fc1ccc(C2CN(Cc3csnn3)CCO2)c(Cl)c1. The molecule has 0 N–H and O–H groups in total. The molecule has 3 rings (SSSR count). The Hall–Kier alpha value is -1.08. The van der Waals surface area contributed by atoms with E-state index in [0.717, 1.165) is 24.3 Å². The predicted octanol–water partition coefficient (Wildman–Crippen LogP) is 2.90. The third-order valence-corrected chi connectivity index (χ3v) is 4.13. The molecule has 2 aromatic rings. The van der Waals surface area contributed by atoms with Gasteiger partial charge in [-0.3, -0.25) is 4.90 Å². The zero-order chi connectivity index (χ0) is 13.9. The van der Waals surface area contributed by atoms with Crippen LogP contribution in [0.15, 0.2) is 23.6 Å². The first-order chi connectivity index (χ1) is 9.72. The standard InChI is InChI=1S/C13H13ClFN3OS/c14-12-5-9(15)1-2-11(12)13-7-18(3-4-19-13)6-10-8-20-17-16-10/h1-2,5,8,13H,3-4,6-7H2. The zero-order valence-electron chi connectivity index (χ0n) is 10.6.